The Balaban J connectivity index is 1.45. The molecule has 7 heteroatoms. The van der Waals surface area contributed by atoms with Crippen LogP contribution in [0.15, 0.2) is 23.3 Å². The topological polar surface area (TPSA) is 78.0 Å². The van der Waals surface area contributed by atoms with Crippen LogP contribution < -0.4 is 10.5 Å². The second kappa shape index (κ2) is 9.03. The predicted molar refractivity (Wildman–Crippen MR) is 114 cm³/mol. The van der Waals surface area contributed by atoms with Gasteiger partial charge < -0.3 is 4.90 Å². The van der Waals surface area contributed by atoms with Gasteiger partial charge in [-0.3, -0.25) is 14.7 Å². The zero-order valence-electron chi connectivity index (χ0n) is 17.6. The average molecular weight is 397 g/mol. The molecule has 1 atom stereocenters. The van der Waals surface area contributed by atoms with Gasteiger partial charge in [-0.2, -0.15) is 0 Å². The van der Waals surface area contributed by atoms with Gasteiger partial charge >= 0.3 is 0 Å². The lowest BCUT2D eigenvalue weighted by molar-refractivity contribution is 0.198. The molecule has 0 spiro atoms. The number of hydrogen-bond acceptors (Lipinski definition) is 6. The molecule has 0 amide bonds. The van der Waals surface area contributed by atoms with Crippen molar-refractivity contribution >= 4 is 5.95 Å². The van der Waals surface area contributed by atoms with E-state index in [2.05, 4.69) is 38.6 Å². The number of piperidine rings is 2. The number of H-pyrrole nitrogens is 1. The molecule has 2 aliphatic rings. The summed E-state index contributed by atoms with van der Waals surface area (Å²) < 4.78 is 0. The van der Waals surface area contributed by atoms with E-state index in [1.165, 1.54) is 19.3 Å². The minimum absolute atomic E-state index is 0.0367. The second-order valence-electron chi connectivity index (χ2n) is 8.72. The third-order valence-electron chi connectivity index (χ3n) is 5.98. The van der Waals surface area contributed by atoms with Gasteiger partial charge in [0.05, 0.1) is 5.69 Å². The molecule has 29 heavy (non-hydrogen) atoms. The maximum Gasteiger partial charge on any atom is 0.252 e. The predicted octanol–water partition coefficient (Wildman–Crippen LogP) is 3.05. The van der Waals surface area contributed by atoms with Crippen molar-refractivity contribution in [2.75, 3.05) is 31.1 Å². The zero-order chi connectivity index (χ0) is 20.2. The molecular formula is C22H32N6O. The van der Waals surface area contributed by atoms with E-state index in [1.807, 2.05) is 12.4 Å². The summed E-state index contributed by atoms with van der Waals surface area (Å²) >= 11 is 0. The number of nitrogens with zero attached hydrogens (tertiary/aromatic N) is 5. The number of rotatable bonds is 5. The van der Waals surface area contributed by atoms with E-state index in [0.29, 0.717) is 11.8 Å². The van der Waals surface area contributed by atoms with Crippen LogP contribution in [0.3, 0.4) is 0 Å². The Kier molecular flexibility index (Phi) is 6.23. The van der Waals surface area contributed by atoms with Gasteiger partial charge in [0.2, 0.25) is 5.95 Å². The first-order chi connectivity index (χ1) is 14.1. The van der Waals surface area contributed by atoms with Crippen molar-refractivity contribution in [3.05, 3.63) is 45.9 Å². The number of aromatic amines is 1. The summed E-state index contributed by atoms with van der Waals surface area (Å²) in [4.78, 5) is 33.8. The van der Waals surface area contributed by atoms with E-state index >= 15 is 0 Å². The molecule has 4 rings (SSSR count). The normalized spacial score (nSPS) is 20.9. The van der Waals surface area contributed by atoms with Gasteiger partial charge in [-0.05, 0) is 38.6 Å². The molecular weight excluding hydrogens is 364 g/mol. The SMILES string of the molecule is CC(C)c1ncc(CN2CCC[C@H](c3cc(=O)[nH]c(N4CCCCC4)n3)C2)cn1. The zero-order valence-corrected chi connectivity index (χ0v) is 17.6. The van der Waals surface area contributed by atoms with Gasteiger partial charge in [-0.15, -0.1) is 0 Å². The van der Waals surface area contributed by atoms with E-state index < -0.39 is 0 Å². The highest BCUT2D eigenvalue weighted by atomic mass is 16.1. The number of hydrogen-bond donors (Lipinski definition) is 1. The fourth-order valence-corrected chi connectivity index (χ4v) is 4.37. The summed E-state index contributed by atoms with van der Waals surface area (Å²) in [6, 6.07) is 1.70. The van der Waals surface area contributed by atoms with Crippen LogP contribution in [-0.2, 0) is 6.54 Å². The molecule has 2 aromatic rings. The molecule has 0 aliphatic carbocycles. The highest BCUT2D eigenvalue weighted by Gasteiger charge is 2.24. The third kappa shape index (κ3) is 5.01. The van der Waals surface area contributed by atoms with Crippen LogP contribution in [0.25, 0.3) is 0 Å². The molecule has 0 unspecified atom stereocenters. The smallest absolute Gasteiger partial charge is 0.252 e. The van der Waals surface area contributed by atoms with E-state index in [4.69, 9.17) is 4.98 Å². The second-order valence-corrected chi connectivity index (χ2v) is 8.72. The van der Waals surface area contributed by atoms with Crippen LogP contribution in [0, 0.1) is 0 Å². The summed E-state index contributed by atoms with van der Waals surface area (Å²) in [6.45, 7) is 9.00. The number of aromatic nitrogens is 4. The van der Waals surface area contributed by atoms with Crippen molar-refractivity contribution < 1.29 is 0 Å². The summed E-state index contributed by atoms with van der Waals surface area (Å²) in [5, 5.41) is 0. The number of nitrogens with one attached hydrogen (secondary N) is 1. The molecule has 4 heterocycles. The quantitative estimate of drug-likeness (QED) is 0.837. The maximum atomic E-state index is 12.3. The van der Waals surface area contributed by atoms with Crippen LogP contribution in [0.2, 0.25) is 0 Å². The largest absolute Gasteiger partial charge is 0.342 e. The lowest BCUT2D eigenvalue weighted by atomic mass is 9.94. The monoisotopic (exact) mass is 396 g/mol. The Labute approximate surface area is 172 Å². The lowest BCUT2D eigenvalue weighted by Crippen LogP contribution is -2.36. The Bertz CT molecular complexity index is 856. The van der Waals surface area contributed by atoms with Crippen LogP contribution in [0.4, 0.5) is 5.95 Å². The van der Waals surface area contributed by atoms with Gasteiger partial charge in [0, 0.05) is 62.0 Å². The molecule has 0 bridgehead atoms. The van der Waals surface area contributed by atoms with Gasteiger partial charge in [0.1, 0.15) is 5.82 Å². The van der Waals surface area contributed by atoms with Crippen LogP contribution in [0.1, 0.15) is 74.9 Å². The van der Waals surface area contributed by atoms with Crippen LogP contribution in [0.5, 0.6) is 0 Å². The third-order valence-corrected chi connectivity index (χ3v) is 5.98. The molecule has 0 aromatic carbocycles. The van der Waals surface area contributed by atoms with Crippen molar-refractivity contribution in [1.82, 2.24) is 24.8 Å². The van der Waals surface area contributed by atoms with Crippen molar-refractivity contribution in [2.24, 2.45) is 0 Å². The molecule has 7 nitrogen and oxygen atoms in total. The summed E-state index contributed by atoms with van der Waals surface area (Å²) in [6.07, 6.45) is 9.70. The fourth-order valence-electron chi connectivity index (χ4n) is 4.37. The fraction of sp³-hybridized carbons (Fsp3) is 0.636. The Morgan fingerprint density at radius 3 is 2.59 bits per heavy atom. The Hall–Kier alpha value is -2.28. The van der Waals surface area contributed by atoms with Crippen molar-refractivity contribution in [2.45, 2.75) is 64.3 Å². The Morgan fingerprint density at radius 2 is 1.86 bits per heavy atom. The number of anilines is 1. The molecule has 1 N–H and O–H groups in total. The van der Waals surface area contributed by atoms with Gasteiger partial charge in [0.25, 0.3) is 5.56 Å². The van der Waals surface area contributed by atoms with E-state index in [-0.39, 0.29) is 5.56 Å². The van der Waals surface area contributed by atoms with Crippen molar-refractivity contribution in [1.29, 1.82) is 0 Å². The van der Waals surface area contributed by atoms with E-state index in [1.54, 1.807) is 6.07 Å². The van der Waals surface area contributed by atoms with Gasteiger partial charge in [0.15, 0.2) is 0 Å². The van der Waals surface area contributed by atoms with Gasteiger partial charge in [-0.25, -0.2) is 15.0 Å². The molecule has 2 saturated heterocycles. The van der Waals surface area contributed by atoms with Gasteiger partial charge in [-0.1, -0.05) is 13.8 Å². The highest BCUT2D eigenvalue weighted by molar-refractivity contribution is 5.31. The summed E-state index contributed by atoms with van der Waals surface area (Å²) in [7, 11) is 0. The highest BCUT2D eigenvalue weighted by Crippen LogP contribution is 2.27. The minimum atomic E-state index is -0.0367. The molecule has 2 aromatic heterocycles. The lowest BCUT2D eigenvalue weighted by Gasteiger charge is -2.33. The average Bonchev–Trinajstić information content (AvgIpc) is 2.74. The minimum Gasteiger partial charge on any atom is -0.342 e. The molecule has 0 radical (unpaired) electrons. The molecule has 2 aliphatic heterocycles. The molecule has 2 fully saturated rings. The molecule has 156 valence electrons. The standard InChI is InChI=1S/C22H32N6O/c1-16(2)21-23-12-17(13-24-21)14-27-8-6-7-18(15-27)19-11-20(29)26-22(25-19)28-9-4-3-5-10-28/h11-13,16,18H,3-10,14-15H2,1-2H3,(H,25,26,29)/t18-/m0/s1. The Morgan fingerprint density at radius 1 is 1.10 bits per heavy atom. The van der Waals surface area contributed by atoms with Crippen molar-refractivity contribution in [3.8, 4) is 0 Å². The first-order valence-corrected chi connectivity index (χ1v) is 11.0. The molecule has 0 saturated carbocycles. The van der Waals surface area contributed by atoms with Crippen LogP contribution >= 0.6 is 0 Å². The maximum absolute atomic E-state index is 12.3. The van der Waals surface area contributed by atoms with E-state index in [9.17, 15) is 4.79 Å². The summed E-state index contributed by atoms with van der Waals surface area (Å²) in [5.74, 6) is 2.29. The first-order valence-electron chi connectivity index (χ1n) is 11.0. The number of likely N-dealkylation sites (tertiary alicyclic amines) is 1. The first kappa shape index (κ1) is 20.0. The summed E-state index contributed by atoms with van der Waals surface area (Å²) in [5.41, 5.74) is 2.04. The van der Waals surface area contributed by atoms with E-state index in [0.717, 1.165) is 68.6 Å². The van der Waals surface area contributed by atoms with Crippen LogP contribution in [-0.4, -0.2) is 51.0 Å². The van der Waals surface area contributed by atoms with Crippen molar-refractivity contribution in [3.63, 3.8) is 0 Å².